The predicted molar refractivity (Wildman–Crippen MR) is 236 cm³/mol. The fraction of sp³-hybridized carbons (Fsp3) is 0.250. The molecule has 55 heavy (non-hydrogen) atoms. The molecule has 0 heterocycles. The second kappa shape index (κ2) is 20.1. The largest absolute Gasteiger partial charge is 0.508 e. The minimum Gasteiger partial charge on any atom is -0.508 e. The summed E-state index contributed by atoms with van der Waals surface area (Å²) in [5.74, 6) is 0.846. The van der Waals surface area contributed by atoms with Crippen LogP contribution in [0.1, 0.15) is 113 Å². The van der Waals surface area contributed by atoms with Crippen molar-refractivity contribution < 1.29 is 15.0 Å². The third kappa shape index (κ3) is 8.84. The molecular formula is C52H58O3. The van der Waals surface area contributed by atoms with Crippen LogP contribution in [0.25, 0.3) is 32.7 Å². The Bertz CT molecular complexity index is 2180. The van der Waals surface area contributed by atoms with E-state index < -0.39 is 5.41 Å². The third-order valence-corrected chi connectivity index (χ3v) is 9.41. The molecule has 0 fully saturated rings. The lowest BCUT2D eigenvalue weighted by molar-refractivity contribution is 0.0994. The van der Waals surface area contributed by atoms with Gasteiger partial charge in [0, 0.05) is 12.0 Å². The molecule has 3 heteroatoms. The predicted octanol–water partition coefficient (Wildman–Crippen LogP) is 14.5. The van der Waals surface area contributed by atoms with E-state index in [1.807, 2.05) is 76.2 Å². The van der Waals surface area contributed by atoms with Crippen molar-refractivity contribution in [2.24, 2.45) is 0 Å². The van der Waals surface area contributed by atoms with Crippen molar-refractivity contribution in [1.29, 1.82) is 0 Å². The summed E-state index contributed by atoms with van der Waals surface area (Å²) in [5.41, 5.74) is 9.05. The minimum atomic E-state index is -0.495. The molecule has 0 radical (unpaired) electrons. The zero-order valence-corrected chi connectivity index (χ0v) is 34.0. The highest BCUT2D eigenvalue weighted by Crippen LogP contribution is 2.56. The number of carbonyl (C=O) groups is 1. The number of aryl methyl sites for hydroxylation is 1. The molecule has 0 aromatic heterocycles. The van der Waals surface area contributed by atoms with Gasteiger partial charge in [0.05, 0.1) is 5.41 Å². The number of fused-ring (bicyclic) bond motifs is 6. The van der Waals surface area contributed by atoms with Crippen molar-refractivity contribution in [2.75, 3.05) is 0 Å². The van der Waals surface area contributed by atoms with Crippen molar-refractivity contribution in [3.05, 3.63) is 179 Å². The van der Waals surface area contributed by atoms with Crippen LogP contribution in [0.15, 0.2) is 146 Å². The van der Waals surface area contributed by atoms with Gasteiger partial charge >= 0.3 is 0 Å². The zero-order chi connectivity index (χ0) is 40.0. The number of phenols is 2. The molecule has 0 aliphatic heterocycles. The number of phenolic OH excluding ortho intramolecular Hbond substituents is 2. The number of carbonyl (C=O) groups excluding carboxylic acids is 1. The summed E-state index contributed by atoms with van der Waals surface area (Å²) in [6.45, 7) is 16.5. The van der Waals surface area contributed by atoms with Gasteiger partial charge in [0.1, 0.15) is 11.5 Å². The van der Waals surface area contributed by atoms with Crippen LogP contribution in [0, 0.1) is 0 Å². The smallest absolute Gasteiger partial charge is 0.163 e. The van der Waals surface area contributed by atoms with Gasteiger partial charge < -0.3 is 10.2 Å². The van der Waals surface area contributed by atoms with Crippen molar-refractivity contribution >= 4 is 27.3 Å². The van der Waals surface area contributed by atoms with E-state index in [0.29, 0.717) is 12.2 Å². The first-order chi connectivity index (χ1) is 26.8. The van der Waals surface area contributed by atoms with E-state index in [1.165, 1.54) is 51.8 Å². The lowest BCUT2D eigenvalue weighted by Crippen LogP contribution is -2.28. The Kier molecular flexibility index (Phi) is 15.4. The van der Waals surface area contributed by atoms with E-state index in [9.17, 15) is 15.0 Å². The molecule has 0 amide bonds. The van der Waals surface area contributed by atoms with Crippen LogP contribution in [0.3, 0.4) is 0 Å². The molecule has 2 aliphatic rings. The van der Waals surface area contributed by atoms with E-state index in [2.05, 4.69) is 113 Å². The summed E-state index contributed by atoms with van der Waals surface area (Å²) in [4.78, 5) is 11.1. The Hall–Kier alpha value is -5.67. The maximum Gasteiger partial charge on any atom is 0.163 e. The standard InChI is InChI=1S/C33H22O2.C9H8O.2C3H8.2C2H6/c34-27-15-11-21-17-25(13-9-23(21)19-27)33(26-14-10-24-20-28(35)16-12-22(24)18-26)31-7-3-1-5-29(31)30-6-2-4-8-32(30)33;10-9-6-5-7-3-1-2-4-8(7)9;2*1-3-2;2*1-2/h1-20,34-35H;1-4H,5-6H2;2*3H2,1-2H3;2*1-2H3. The number of rotatable bonds is 2. The van der Waals surface area contributed by atoms with Gasteiger partial charge in [-0.2, -0.15) is 0 Å². The number of Topliss-reactive ketones (excluding diaryl/α,β-unsaturated/α-hetero) is 1. The average Bonchev–Trinajstić information content (AvgIpc) is 3.75. The summed E-state index contributed by atoms with van der Waals surface area (Å²) in [6, 6.07) is 49.4. The van der Waals surface area contributed by atoms with Gasteiger partial charge in [-0.05, 0) is 103 Å². The Morgan fingerprint density at radius 3 is 1.25 bits per heavy atom. The molecule has 0 saturated carbocycles. The van der Waals surface area contributed by atoms with Crippen molar-refractivity contribution in [3.63, 3.8) is 0 Å². The van der Waals surface area contributed by atoms with E-state index in [0.717, 1.165) is 33.5 Å². The Labute approximate surface area is 329 Å². The van der Waals surface area contributed by atoms with Crippen LogP contribution in [-0.4, -0.2) is 16.0 Å². The van der Waals surface area contributed by atoms with Crippen LogP contribution in [0.4, 0.5) is 0 Å². The van der Waals surface area contributed by atoms with Gasteiger partial charge in [-0.1, -0.05) is 177 Å². The summed E-state index contributed by atoms with van der Waals surface area (Å²) in [7, 11) is 0. The number of benzene rings is 7. The molecule has 0 bridgehead atoms. The first kappa shape index (κ1) is 42.1. The molecule has 3 nitrogen and oxygen atoms in total. The first-order valence-corrected chi connectivity index (χ1v) is 20.1. The number of hydrogen-bond acceptors (Lipinski definition) is 3. The first-order valence-electron chi connectivity index (χ1n) is 20.1. The quantitative estimate of drug-likeness (QED) is 0.186. The maximum absolute atomic E-state index is 11.1. The highest BCUT2D eigenvalue weighted by molar-refractivity contribution is 6.00. The topological polar surface area (TPSA) is 57.5 Å². The maximum atomic E-state index is 11.1. The van der Waals surface area contributed by atoms with Gasteiger partial charge in [0.25, 0.3) is 0 Å². The highest BCUT2D eigenvalue weighted by Gasteiger charge is 2.46. The normalized spacial score (nSPS) is 12.3. The van der Waals surface area contributed by atoms with Crippen molar-refractivity contribution in [1.82, 2.24) is 0 Å². The zero-order valence-electron chi connectivity index (χ0n) is 34.0. The minimum absolute atomic E-state index is 0.273. The van der Waals surface area contributed by atoms with Crippen LogP contribution in [0.2, 0.25) is 0 Å². The number of aromatic hydroxyl groups is 2. The van der Waals surface area contributed by atoms with Crippen molar-refractivity contribution in [2.45, 2.75) is 86.5 Å². The lowest BCUT2D eigenvalue weighted by atomic mass is 9.67. The van der Waals surface area contributed by atoms with Crippen LogP contribution < -0.4 is 0 Å². The molecule has 7 aromatic rings. The SMILES string of the molecule is CC.CC.CCC.CCC.O=C1CCc2ccccc21.Oc1ccc2cc(C3(c4ccc5cc(O)ccc5c4)c4ccccc4-c4ccccc43)ccc2c1. The number of hydrogen-bond donors (Lipinski definition) is 2. The van der Waals surface area contributed by atoms with Crippen molar-refractivity contribution in [3.8, 4) is 22.6 Å². The van der Waals surface area contributed by atoms with Gasteiger partial charge in [0.15, 0.2) is 5.78 Å². The summed E-state index contributed by atoms with van der Waals surface area (Å²) in [5, 5.41) is 24.2. The van der Waals surface area contributed by atoms with Gasteiger partial charge in [-0.3, -0.25) is 4.79 Å². The van der Waals surface area contributed by atoms with E-state index in [4.69, 9.17) is 0 Å². The fourth-order valence-corrected chi connectivity index (χ4v) is 7.35. The molecule has 0 unspecified atom stereocenters. The summed E-state index contributed by atoms with van der Waals surface area (Å²) in [6.07, 6.45) is 4.15. The van der Waals surface area contributed by atoms with E-state index in [-0.39, 0.29) is 11.5 Å². The van der Waals surface area contributed by atoms with Gasteiger partial charge in [0.2, 0.25) is 0 Å². The monoisotopic (exact) mass is 730 g/mol. The molecule has 2 N–H and O–H groups in total. The third-order valence-electron chi connectivity index (χ3n) is 9.41. The fourth-order valence-electron chi connectivity index (χ4n) is 7.35. The second-order valence-electron chi connectivity index (χ2n) is 13.3. The van der Waals surface area contributed by atoms with Gasteiger partial charge in [-0.15, -0.1) is 0 Å². The van der Waals surface area contributed by atoms with Crippen LogP contribution in [-0.2, 0) is 11.8 Å². The number of ketones is 1. The molecule has 0 atom stereocenters. The van der Waals surface area contributed by atoms with E-state index in [1.54, 1.807) is 12.1 Å². The molecule has 9 rings (SSSR count). The molecule has 7 aromatic carbocycles. The van der Waals surface area contributed by atoms with Crippen LogP contribution in [0.5, 0.6) is 11.5 Å². The summed E-state index contributed by atoms with van der Waals surface area (Å²) >= 11 is 0. The van der Waals surface area contributed by atoms with Crippen LogP contribution >= 0.6 is 0 Å². The Morgan fingerprint density at radius 2 is 0.818 bits per heavy atom. The molecular weight excluding hydrogens is 673 g/mol. The average molecular weight is 731 g/mol. The van der Waals surface area contributed by atoms with Gasteiger partial charge in [-0.25, -0.2) is 0 Å². The molecule has 2 aliphatic carbocycles. The molecule has 0 saturated heterocycles. The summed E-state index contributed by atoms with van der Waals surface area (Å²) < 4.78 is 0. The Morgan fingerprint density at radius 1 is 0.455 bits per heavy atom. The molecule has 284 valence electrons. The second-order valence-corrected chi connectivity index (χ2v) is 13.3. The molecule has 0 spiro atoms. The lowest BCUT2D eigenvalue weighted by Gasteiger charge is -2.34. The van der Waals surface area contributed by atoms with E-state index >= 15 is 0 Å². The highest BCUT2D eigenvalue weighted by atomic mass is 16.3. The Balaban J connectivity index is 0.000000279.